The van der Waals surface area contributed by atoms with Crippen molar-refractivity contribution < 1.29 is 14.3 Å². The average Bonchev–Trinajstić information content (AvgIpc) is 3.44. The highest BCUT2D eigenvalue weighted by Gasteiger charge is 2.43. The van der Waals surface area contributed by atoms with E-state index in [1.165, 1.54) is 23.3 Å². The normalized spacial score (nSPS) is 18.6. The molecule has 1 aliphatic carbocycles. The van der Waals surface area contributed by atoms with Gasteiger partial charge >= 0.3 is 5.97 Å². The minimum absolute atomic E-state index is 0.0911. The first-order valence-electron chi connectivity index (χ1n) is 9.39. The molecular weight excluding hydrogens is 340 g/mol. The third-order valence-corrected chi connectivity index (χ3v) is 5.48. The summed E-state index contributed by atoms with van der Waals surface area (Å²) in [6.45, 7) is 4.15. The van der Waals surface area contributed by atoms with Crippen molar-refractivity contribution in [3.63, 3.8) is 0 Å². The summed E-state index contributed by atoms with van der Waals surface area (Å²) in [5, 5.41) is 9.57. The van der Waals surface area contributed by atoms with E-state index in [4.69, 9.17) is 4.42 Å². The Morgan fingerprint density at radius 2 is 1.96 bits per heavy atom. The number of carboxylic acids is 1. The number of rotatable bonds is 5. The van der Waals surface area contributed by atoms with Crippen LogP contribution < -0.4 is 5.43 Å². The standard InChI is InChI=1S/C23H22O4/c1-3-6-16-21(24)19-11-14(23(25)26)9-10-20(19)27-22(16)18-12-17(18)15-8-5-4-7-13(15)2/h4-5,7-11,17-18H,3,6,12H2,1-2H3,(H,25,26)/t17-,18+/m0/s1. The molecule has 4 heteroatoms. The van der Waals surface area contributed by atoms with Gasteiger partial charge in [0.1, 0.15) is 11.3 Å². The van der Waals surface area contributed by atoms with Crippen molar-refractivity contribution in [2.24, 2.45) is 0 Å². The van der Waals surface area contributed by atoms with Gasteiger partial charge in [0.2, 0.25) is 0 Å². The van der Waals surface area contributed by atoms with Crippen molar-refractivity contribution >= 4 is 16.9 Å². The summed E-state index contributed by atoms with van der Waals surface area (Å²) in [6.07, 6.45) is 2.45. The van der Waals surface area contributed by atoms with Gasteiger partial charge in [0.15, 0.2) is 5.43 Å². The highest BCUT2D eigenvalue weighted by Crippen LogP contribution is 2.56. The Bertz CT molecular complexity index is 1090. The molecule has 0 unspecified atom stereocenters. The zero-order chi connectivity index (χ0) is 19.1. The van der Waals surface area contributed by atoms with Gasteiger partial charge in [-0.25, -0.2) is 4.79 Å². The molecule has 1 saturated carbocycles. The first-order valence-corrected chi connectivity index (χ1v) is 9.39. The van der Waals surface area contributed by atoms with E-state index in [1.807, 2.05) is 13.0 Å². The number of benzene rings is 2. The van der Waals surface area contributed by atoms with E-state index in [2.05, 4.69) is 25.1 Å². The predicted molar refractivity (Wildman–Crippen MR) is 105 cm³/mol. The van der Waals surface area contributed by atoms with Crippen LogP contribution in [0, 0.1) is 6.92 Å². The molecule has 1 N–H and O–H groups in total. The summed E-state index contributed by atoms with van der Waals surface area (Å²) in [6, 6.07) is 12.9. The fraction of sp³-hybridized carbons (Fsp3) is 0.304. The molecule has 1 aliphatic rings. The number of hydrogen-bond acceptors (Lipinski definition) is 3. The zero-order valence-electron chi connectivity index (χ0n) is 15.5. The summed E-state index contributed by atoms with van der Waals surface area (Å²) in [5.41, 5.74) is 3.76. The molecule has 3 aromatic rings. The second-order valence-corrected chi connectivity index (χ2v) is 7.35. The Morgan fingerprint density at radius 1 is 1.19 bits per heavy atom. The van der Waals surface area contributed by atoms with Gasteiger partial charge in [-0.15, -0.1) is 0 Å². The topological polar surface area (TPSA) is 67.5 Å². The van der Waals surface area contributed by atoms with Crippen LogP contribution in [0.1, 0.15) is 64.4 Å². The molecule has 1 fully saturated rings. The molecule has 138 valence electrons. The van der Waals surface area contributed by atoms with Crippen LogP contribution in [0.5, 0.6) is 0 Å². The molecule has 4 nitrogen and oxygen atoms in total. The van der Waals surface area contributed by atoms with Gasteiger partial charge in [-0.05, 0) is 55.0 Å². The summed E-state index contributed by atoms with van der Waals surface area (Å²) in [5.74, 6) is 0.328. The van der Waals surface area contributed by atoms with Gasteiger partial charge in [0.25, 0.3) is 0 Å². The van der Waals surface area contributed by atoms with Crippen LogP contribution in [-0.2, 0) is 6.42 Å². The number of fused-ring (bicyclic) bond motifs is 1. The van der Waals surface area contributed by atoms with E-state index >= 15 is 0 Å². The molecule has 0 aliphatic heterocycles. The van der Waals surface area contributed by atoms with Crippen LogP contribution in [0.4, 0.5) is 0 Å². The fourth-order valence-corrected chi connectivity index (χ4v) is 4.00. The molecule has 0 spiro atoms. The maximum absolute atomic E-state index is 13.1. The summed E-state index contributed by atoms with van der Waals surface area (Å²) < 4.78 is 6.18. The van der Waals surface area contributed by atoms with Crippen LogP contribution in [0.15, 0.2) is 51.7 Å². The van der Waals surface area contributed by atoms with Gasteiger partial charge in [-0.1, -0.05) is 37.6 Å². The molecule has 0 bridgehead atoms. The summed E-state index contributed by atoms with van der Waals surface area (Å²) in [4.78, 5) is 24.4. The lowest BCUT2D eigenvalue weighted by molar-refractivity contribution is 0.0697. The van der Waals surface area contributed by atoms with E-state index in [0.29, 0.717) is 28.9 Å². The molecule has 2 aromatic carbocycles. The van der Waals surface area contributed by atoms with E-state index in [-0.39, 0.29) is 16.9 Å². The van der Waals surface area contributed by atoms with E-state index in [9.17, 15) is 14.7 Å². The van der Waals surface area contributed by atoms with Crippen molar-refractivity contribution in [3.05, 3.63) is 80.7 Å². The van der Waals surface area contributed by atoms with Gasteiger partial charge in [-0.3, -0.25) is 4.79 Å². The van der Waals surface area contributed by atoms with Crippen LogP contribution in [0.2, 0.25) is 0 Å². The van der Waals surface area contributed by atoms with E-state index in [0.717, 1.165) is 18.6 Å². The first-order chi connectivity index (χ1) is 13.0. The lowest BCUT2D eigenvalue weighted by atomic mass is 9.98. The van der Waals surface area contributed by atoms with Crippen LogP contribution in [0.25, 0.3) is 11.0 Å². The highest BCUT2D eigenvalue weighted by atomic mass is 16.4. The molecule has 27 heavy (non-hydrogen) atoms. The lowest BCUT2D eigenvalue weighted by Gasteiger charge is -2.11. The molecule has 4 rings (SSSR count). The Morgan fingerprint density at radius 3 is 2.67 bits per heavy atom. The maximum atomic E-state index is 13.1. The molecule has 0 amide bonds. The van der Waals surface area contributed by atoms with E-state index in [1.54, 1.807) is 6.07 Å². The predicted octanol–water partition coefficient (Wildman–Crippen LogP) is 5.02. The third kappa shape index (κ3) is 3.05. The average molecular weight is 362 g/mol. The van der Waals surface area contributed by atoms with Crippen LogP contribution in [-0.4, -0.2) is 11.1 Å². The number of aryl methyl sites for hydroxylation is 1. The fourth-order valence-electron chi connectivity index (χ4n) is 4.00. The SMILES string of the molecule is CCCc1c([C@@H]2C[C@H]2c2ccccc2C)oc2ccc(C(=O)O)cc2c1=O. The second-order valence-electron chi connectivity index (χ2n) is 7.35. The molecule has 0 saturated heterocycles. The third-order valence-electron chi connectivity index (χ3n) is 5.48. The maximum Gasteiger partial charge on any atom is 0.335 e. The Hall–Kier alpha value is -2.88. The van der Waals surface area contributed by atoms with Gasteiger partial charge < -0.3 is 9.52 Å². The van der Waals surface area contributed by atoms with Crippen molar-refractivity contribution in [2.75, 3.05) is 0 Å². The largest absolute Gasteiger partial charge is 0.478 e. The van der Waals surface area contributed by atoms with Gasteiger partial charge in [0, 0.05) is 11.5 Å². The summed E-state index contributed by atoms with van der Waals surface area (Å²) in [7, 11) is 0. The second kappa shape index (κ2) is 6.69. The zero-order valence-corrected chi connectivity index (χ0v) is 15.5. The minimum Gasteiger partial charge on any atom is -0.478 e. The van der Waals surface area contributed by atoms with Crippen LogP contribution in [0.3, 0.4) is 0 Å². The Kier molecular flexibility index (Phi) is 4.34. The number of aromatic carboxylic acids is 1. The van der Waals surface area contributed by atoms with E-state index < -0.39 is 5.97 Å². The van der Waals surface area contributed by atoms with Crippen molar-refractivity contribution in [1.82, 2.24) is 0 Å². The monoisotopic (exact) mass is 362 g/mol. The minimum atomic E-state index is -1.04. The molecule has 2 atom stereocenters. The van der Waals surface area contributed by atoms with Crippen molar-refractivity contribution in [3.8, 4) is 0 Å². The number of hydrogen-bond donors (Lipinski definition) is 1. The highest BCUT2D eigenvalue weighted by molar-refractivity contribution is 5.92. The Labute approximate surface area is 157 Å². The Balaban J connectivity index is 1.82. The van der Waals surface area contributed by atoms with Gasteiger partial charge in [0.05, 0.1) is 10.9 Å². The molecule has 1 heterocycles. The number of carboxylic acid groups (broad SMARTS) is 1. The van der Waals surface area contributed by atoms with Crippen molar-refractivity contribution in [2.45, 2.75) is 44.9 Å². The lowest BCUT2D eigenvalue weighted by Crippen LogP contribution is -2.13. The van der Waals surface area contributed by atoms with Crippen LogP contribution >= 0.6 is 0 Å². The smallest absolute Gasteiger partial charge is 0.335 e. The summed E-state index contributed by atoms with van der Waals surface area (Å²) >= 11 is 0. The van der Waals surface area contributed by atoms with Crippen molar-refractivity contribution in [1.29, 1.82) is 0 Å². The first kappa shape index (κ1) is 17.5. The quantitative estimate of drug-likeness (QED) is 0.692. The van der Waals surface area contributed by atoms with Gasteiger partial charge in [-0.2, -0.15) is 0 Å². The molecular formula is C23H22O4. The molecule has 1 aromatic heterocycles. The molecule has 0 radical (unpaired) electrons. The number of carbonyl (C=O) groups is 1.